The van der Waals surface area contributed by atoms with Crippen molar-refractivity contribution < 1.29 is 4.74 Å². The van der Waals surface area contributed by atoms with Gasteiger partial charge in [0.2, 0.25) is 0 Å². The minimum Gasteiger partial charge on any atom is -0.425 e. The smallest absolute Gasteiger partial charge is 0.332 e. The van der Waals surface area contributed by atoms with Gasteiger partial charge in [-0.25, -0.2) is 4.79 Å². The van der Waals surface area contributed by atoms with Gasteiger partial charge in [0.15, 0.2) is 11.2 Å². The zero-order valence-electron chi connectivity index (χ0n) is 17.4. The molecule has 4 aromatic rings. The molecule has 0 aliphatic heterocycles. The number of benzene rings is 2. The Kier molecular flexibility index (Phi) is 5.53. The minimum absolute atomic E-state index is 0.220. The number of aryl methyl sites for hydroxylation is 3. The number of aromatic nitrogens is 4. The molecule has 7 nitrogen and oxygen atoms in total. The summed E-state index contributed by atoms with van der Waals surface area (Å²) < 4.78 is 11.2. The van der Waals surface area contributed by atoms with E-state index in [1.165, 1.54) is 11.6 Å². The predicted octanol–water partition coefficient (Wildman–Crippen LogP) is 4.31. The van der Waals surface area contributed by atoms with Gasteiger partial charge in [-0.15, -0.1) is 0 Å². The van der Waals surface area contributed by atoms with Crippen molar-refractivity contribution in [3.8, 4) is 11.8 Å². The average Bonchev–Trinajstić information content (AvgIpc) is 3.08. The van der Waals surface area contributed by atoms with Crippen molar-refractivity contribution >= 4 is 38.7 Å². The number of fused-ring (bicyclic) bond motifs is 1. The maximum Gasteiger partial charge on any atom is 0.332 e. The lowest BCUT2D eigenvalue weighted by Gasteiger charge is -2.12. The molecule has 2 aromatic heterocycles. The number of rotatable bonds is 4. The van der Waals surface area contributed by atoms with Crippen molar-refractivity contribution in [3.63, 3.8) is 0 Å². The standard InChI is InChI=1S/C22H20BrClN4O3/c1-12-9-16(10-13(2)17(12)24)31-21-25-19-18(20(29)27(4)22(30)26(19)3)28(21)11-14-5-7-15(23)8-6-14/h5-10H,11H2,1-4H3. The molecule has 0 saturated carbocycles. The molecule has 0 aliphatic carbocycles. The molecule has 9 heteroatoms. The number of halogens is 2. The number of hydrogen-bond acceptors (Lipinski definition) is 4. The maximum absolute atomic E-state index is 13.0. The Bertz CT molecular complexity index is 1410. The third-order valence-electron chi connectivity index (χ3n) is 5.19. The fraction of sp³-hybridized carbons (Fsp3) is 0.227. The van der Waals surface area contributed by atoms with Gasteiger partial charge in [-0.1, -0.05) is 39.7 Å². The summed E-state index contributed by atoms with van der Waals surface area (Å²) in [5.74, 6) is 0.550. The van der Waals surface area contributed by atoms with Crippen LogP contribution in [0.1, 0.15) is 16.7 Å². The molecule has 0 unspecified atom stereocenters. The Hall–Kier alpha value is -2.84. The van der Waals surface area contributed by atoms with Crippen LogP contribution in [0, 0.1) is 13.8 Å². The van der Waals surface area contributed by atoms with E-state index in [9.17, 15) is 9.59 Å². The van der Waals surface area contributed by atoms with Gasteiger partial charge >= 0.3 is 11.7 Å². The van der Waals surface area contributed by atoms with Gasteiger partial charge in [0, 0.05) is 23.6 Å². The van der Waals surface area contributed by atoms with E-state index in [0.717, 1.165) is 25.7 Å². The van der Waals surface area contributed by atoms with Crippen LogP contribution in [0.25, 0.3) is 11.2 Å². The van der Waals surface area contributed by atoms with Crippen LogP contribution in [0.15, 0.2) is 50.5 Å². The van der Waals surface area contributed by atoms with Crippen molar-refractivity contribution in [3.05, 3.63) is 83.4 Å². The summed E-state index contributed by atoms with van der Waals surface area (Å²) in [7, 11) is 3.04. The van der Waals surface area contributed by atoms with E-state index >= 15 is 0 Å². The fourth-order valence-electron chi connectivity index (χ4n) is 3.49. The molecule has 0 saturated heterocycles. The largest absolute Gasteiger partial charge is 0.425 e. The molecule has 0 amide bonds. The highest BCUT2D eigenvalue weighted by Gasteiger charge is 2.21. The quantitative estimate of drug-likeness (QED) is 0.416. The van der Waals surface area contributed by atoms with E-state index in [1.807, 2.05) is 50.2 Å². The zero-order valence-corrected chi connectivity index (χ0v) is 19.8. The molecule has 2 heterocycles. The highest BCUT2D eigenvalue weighted by molar-refractivity contribution is 9.10. The van der Waals surface area contributed by atoms with Crippen LogP contribution < -0.4 is 16.0 Å². The van der Waals surface area contributed by atoms with Gasteiger partial charge in [-0.3, -0.25) is 18.5 Å². The Balaban J connectivity index is 1.94. The van der Waals surface area contributed by atoms with Crippen molar-refractivity contribution in [2.24, 2.45) is 14.1 Å². The first kappa shape index (κ1) is 21.4. The molecule has 0 radical (unpaired) electrons. The first-order valence-electron chi connectivity index (χ1n) is 9.52. The van der Waals surface area contributed by atoms with Crippen molar-refractivity contribution in [1.29, 1.82) is 0 Å². The van der Waals surface area contributed by atoms with Crippen LogP contribution in [-0.4, -0.2) is 18.7 Å². The minimum atomic E-state index is -0.449. The second-order valence-electron chi connectivity index (χ2n) is 7.46. The first-order valence-corrected chi connectivity index (χ1v) is 10.7. The van der Waals surface area contributed by atoms with Crippen LogP contribution >= 0.6 is 27.5 Å². The van der Waals surface area contributed by atoms with E-state index in [4.69, 9.17) is 16.3 Å². The van der Waals surface area contributed by atoms with E-state index in [2.05, 4.69) is 20.9 Å². The Morgan fingerprint density at radius 2 is 1.65 bits per heavy atom. The van der Waals surface area contributed by atoms with Gasteiger partial charge in [-0.2, -0.15) is 4.98 Å². The molecule has 2 aromatic carbocycles. The molecule has 0 spiro atoms. The number of imidazole rings is 1. The van der Waals surface area contributed by atoms with Gasteiger partial charge in [0.1, 0.15) is 5.75 Å². The second kappa shape index (κ2) is 8.01. The topological polar surface area (TPSA) is 71.1 Å². The normalized spacial score (nSPS) is 11.3. The highest BCUT2D eigenvalue weighted by Crippen LogP contribution is 2.30. The third-order valence-corrected chi connectivity index (χ3v) is 6.31. The second-order valence-corrected chi connectivity index (χ2v) is 8.75. The lowest BCUT2D eigenvalue weighted by molar-refractivity contribution is 0.420. The van der Waals surface area contributed by atoms with Crippen LogP contribution in [0.4, 0.5) is 0 Å². The molecule has 0 fully saturated rings. The van der Waals surface area contributed by atoms with Crippen LogP contribution in [0.3, 0.4) is 0 Å². The molecule has 0 aliphatic rings. The summed E-state index contributed by atoms with van der Waals surface area (Å²) in [5.41, 5.74) is 2.38. The van der Waals surface area contributed by atoms with E-state index in [0.29, 0.717) is 22.8 Å². The van der Waals surface area contributed by atoms with Crippen molar-refractivity contribution in [1.82, 2.24) is 18.7 Å². The van der Waals surface area contributed by atoms with Crippen LogP contribution in [-0.2, 0) is 20.6 Å². The van der Waals surface area contributed by atoms with Crippen molar-refractivity contribution in [2.75, 3.05) is 0 Å². The molecular formula is C22H20BrClN4O3. The lowest BCUT2D eigenvalue weighted by Crippen LogP contribution is -2.37. The summed E-state index contributed by atoms with van der Waals surface area (Å²) >= 11 is 9.72. The number of ether oxygens (including phenoxy) is 1. The SMILES string of the molecule is Cc1cc(Oc2nc3c(c(=O)n(C)c(=O)n3C)n2Cc2ccc(Br)cc2)cc(C)c1Cl. The van der Waals surface area contributed by atoms with E-state index in [1.54, 1.807) is 11.6 Å². The summed E-state index contributed by atoms with van der Waals surface area (Å²) in [6, 6.07) is 11.6. The Morgan fingerprint density at radius 3 is 2.26 bits per heavy atom. The van der Waals surface area contributed by atoms with E-state index in [-0.39, 0.29) is 11.7 Å². The van der Waals surface area contributed by atoms with E-state index < -0.39 is 11.2 Å². The monoisotopic (exact) mass is 502 g/mol. The lowest BCUT2D eigenvalue weighted by atomic mass is 10.1. The number of hydrogen-bond donors (Lipinski definition) is 0. The summed E-state index contributed by atoms with van der Waals surface area (Å²) in [4.78, 5) is 29.9. The molecule has 0 bridgehead atoms. The fourth-order valence-corrected chi connectivity index (χ4v) is 3.87. The average molecular weight is 504 g/mol. The summed E-state index contributed by atoms with van der Waals surface area (Å²) in [6.07, 6.45) is 0. The van der Waals surface area contributed by atoms with Gasteiger partial charge < -0.3 is 4.74 Å². The molecule has 4 rings (SSSR count). The van der Waals surface area contributed by atoms with Crippen LogP contribution in [0.2, 0.25) is 5.02 Å². The van der Waals surface area contributed by atoms with Gasteiger partial charge in [0.25, 0.3) is 5.56 Å². The highest BCUT2D eigenvalue weighted by atomic mass is 79.9. The van der Waals surface area contributed by atoms with Gasteiger partial charge in [0.05, 0.1) is 6.54 Å². The molecule has 31 heavy (non-hydrogen) atoms. The predicted molar refractivity (Wildman–Crippen MR) is 124 cm³/mol. The summed E-state index contributed by atoms with van der Waals surface area (Å²) in [6.45, 7) is 4.14. The molecule has 0 N–H and O–H groups in total. The first-order chi connectivity index (χ1) is 14.7. The molecular weight excluding hydrogens is 484 g/mol. The summed E-state index contributed by atoms with van der Waals surface area (Å²) in [5, 5.41) is 0.673. The van der Waals surface area contributed by atoms with Crippen molar-refractivity contribution in [2.45, 2.75) is 20.4 Å². The molecule has 0 atom stereocenters. The van der Waals surface area contributed by atoms with Crippen LogP contribution in [0.5, 0.6) is 11.8 Å². The van der Waals surface area contributed by atoms with Gasteiger partial charge in [-0.05, 0) is 54.8 Å². The number of nitrogens with zero attached hydrogens (tertiary/aromatic N) is 4. The molecule has 160 valence electrons. The Labute approximate surface area is 191 Å². The zero-order chi connectivity index (χ0) is 22.4. The Morgan fingerprint density at radius 1 is 1.03 bits per heavy atom. The maximum atomic E-state index is 13.0. The third kappa shape index (κ3) is 3.81.